The maximum absolute atomic E-state index is 12.3. The normalized spacial score (nSPS) is 16.1. The molecule has 2 fully saturated rings. The maximum atomic E-state index is 12.3. The number of rotatable bonds is 8. The Morgan fingerprint density at radius 1 is 1.00 bits per heavy atom. The van der Waals surface area contributed by atoms with Crippen molar-refractivity contribution in [3.8, 4) is 22.5 Å². The third-order valence-corrected chi connectivity index (χ3v) is 6.57. The Hall–Kier alpha value is -3.61. The third-order valence-electron chi connectivity index (χ3n) is 6.57. The van der Waals surface area contributed by atoms with Gasteiger partial charge >= 0.3 is 12.1 Å². The van der Waals surface area contributed by atoms with E-state index in [0.29, 0.717) is 36.3 Å². The number of nitrogens with zero attached hydrogens (tertiary/aromatic N) is 1. The second-order valence-corrected chi connectivity index (χ2v) is 9.10. The molecular weight excluding hydrogens is 432 g/mol. The summed E-state index contributed by atoms with van der Waals surface area (Å²) in [5, 5.41) is 6.79. The number of esters is 1. The number of ether oxygens (including phenoxy) is 2. The smallest absolute Gasteiger partial charge is 0.411 e. The van der Waals surface area contributed by atoms with Crippen molar-refractivity contribution >= 4 is 17.7 Å². The lowest BCUT2D eigenvalue weighted by Gasteiger charge is -2.14. The van der Waals surface area contributed by atoms with Gasteiger partial charge in [0.2, 0.25) is 0 Å². The van der Waals surface area contributed by atoms with Crippen molar-refractivity contribution < 1.29 is 23.6 Å². The van der Waals surface area contributed by atoms with Gasteiger partial charge in [-0.25, -0.2) is 4.79 Å². The van der Waals surface area contributed by atoms with E-state index in [1.807, 2.05) is 55.5 Å². The Kier molecular flexibility index (Phi) is 5.86. The molecule has 34 heavy (non-hydrogen) atoms. The summed E-state index contributed by atoms with van der Waals surface area (Å²) in [7, 11) is 0. The zero-order chi connectivity index (χ0) is 23.7. The summed E-state index contributed by atoms with van der Waals surface area (Å²) in [6.07, 6.45) is 3.41. The van der Waals surface area contributed by atoms with Crippen molar-refractivity contribution in [2.24, 2.45) is 5.92 Å². The van der Waals surface area contributed by atoms with E-state index in [2.05, 4.69) is 10.5 Å². The fourth-order valence-electron chi connectivity index (χ4n) is 4.13. The number of aromatic nitrogens is 1. The molecule has 5 rings (SSSR count). The molecule has 2 saturated carbocycles. The van der Waals surface area contributed by atoms with Crippen LogP contribution in [0.15, 0.2) is 53.1 Å². The summed E-state index contributed by atoms with van der Waals surface area (Å²) in [6.45, 7) is 4.46. The maximum Gasteiger partial charge on any atom is 0.411 e. The SMILES string of the molecule is CCOC(=O)C1(c2ccc(-c3ccc(-c4onc(C)c4NC(=O)OCC4CC4)cc3)cc2)CC1. The summed E-state index contributed by atoms with van der Waals surface area (Å²) < 4.78 is 16.1. The van der Waals surface area contributed by atoms with Crippen molar-refractivity contribution in [1.29, 1.82) is 0 Å². The lowest BCUT2D eigenvalue weighted by Crippen LogP contribution is -2.23. The van der Waals surface area contributed by atoms with Crippen LogP contribution in [0.3, 0.4) is 0 Å². The molecule has 2 aromatic carbocycles. The molecule has 0 aliphatic heterocycles. The molecule has 0 saturated heterocycles. The predicted molar refractivity (Wildman–Crippen MR) is 127 cm³/mol. The van der Waals surface area contributed by atoms with Crippen molar-refractivity contribution in [3.05, 3.63) is 59.8 Å². The molecule has 2 aliphatic carbocycles. The largest absolute Gasteiger partial charge is 0.465 e. The number of carbonyl (C=O) groups excluding carboxylic acids is 2. The highest BCUT2D eigenvalue weighted by atomic mass is 16.5. The van der Waals surface area contributed by atoms with Crippen LogP contribution in [0.4, 0.5) is 10.5 Å². The van der Waals surface area contributed by atoms with Crippen molar-refractivity contribution in [2.75, 3.05) is 18.5 Å². The van der Waals surface area contributed by atoms with Gasteiger partial charge in [0.15, 0.2) is 5.76 Å². The van der Waals surface area contributed by atoms with Crippen LogP contribution in [-0.2, 0) is 19.7 Å². The average Bonchev–Trinajstić information content (AvgIpc) is 3.78. The molecule has 0 bridgehead atoms. The van der Waals surface area contributed by atoms with Crippen molar-refractivity contribution in [1.82, 2.24) is 5.16 Å². The molecule has 7 heteroatoms. The van der Waals surface area contributed by atoms with Crippen LogP contribution in [0.5, 0.6) is 0 Å². The molecule has 176 valence electrons. The highest BCUT2D eigenvalue weighted by Crippen LogP contribution is 2.49. The van der Waals surface area contributed by atoms with Gasteiger partial charge in [0.1, 0.15) is 11.4 Å². The van der Waals surface area contributed by atoms with E-state index in [4.69, 9.17) is 14.0 Å². The number of anilines is 1. The minimum Gasteiger partial charge on any atom is -0.465 e. The number of hydrogen-bond acceptors (Lipinski definition) is 6. The lowest BCUT2D eigenvalue weighted by atomic mass is 9.93. The zero-order valence-electron chi connectivity index (χ0n) is 19.4. The molecule has 1 heterocycles. The standard InChI is InChI=1S/C27H28N2O5/c1-3-32-25(30)27(14-15-27)22-12-10-20(11-13-22)19-6-8-21(9-7-19)24-23(17(2)29-34-24)28-26(31)33-16-18-4-5-18/h6-13,18H,3-5,14-16H2,1-2H3,(H,28,31). The molecular formula is C27H28N2O5. The van der Waals surface area contributed by atoms with Gasteiger partial charge < -0.3 is 14.0 Å². The van der Waals surface area contributed by atoms with Gasteiger partial charge in [-0.05, 0) is 62.1 Å². The van der Waals surface area contributed by atoms with Crippen LogP contribution in [0.2, 0.25) is 0 Å². The quantitative estimate of drug-likeness (QED) is 0.423. The Bertz CT molecular complexity index is 1190. The zero-order valence-corrected chi connectivity index (χ0v) is 19.4. The first-order valence-corrected chi connectivity index (χ1v) is 11.8. The summed E-state index contributed by atoms with van der Waals surface area (Å²) in [5.74, 6) is 0.860. The number of benzene rings is 2. The van der Waals surface area contributed by atoms with Gasteiger partial charge in [0.25, 0.3) is 0 Å². The van der Waals surface area contributed by atoms with Crippen LogP contribution < -0.4 is 5.32 Å². The Morgan fingerprint density at radius 3 is 2.21 bits per heavy atom. The van der Waals surface area contributed by atoms with E-state index >= 15 is 0 Å². The number of amides is 1. The number of aryl methyl sites for hydroxylation is 1. The molecule has 0 atom stereocenters. The van der Waals surface area contributed by atoms with E-state index in [1.165, 1.54) is 0 Å². The van der Waals surface area contributed by atoms with Crippen LogP contribution >= 0.6 is 0 Å². The second kappa shape index (κ2) is 8.97. The number of carbonyl (C=O) groups is 2. The summed E-state index contributed by atoms with van der Waals surface area (Å²) in [6, 6.07) is 16.0. The van der Waals surface area contributed by atoms with E-state index < -0.39 is 11.5 Å². The molecule has 0 unspecified atom stereocenters. The predicted octanol–water partition coefficient (Wildman–Crippen LogP) is 5.87. The van der Waals surface area contributed by atoms with Gasteiger partial charge in [-0.3, -0.25) is 10.1 Å². The third kappa shape index (κ3) is 4.42. The van der Waals surface area contributed by atoms with Gasteiger partial charge in [-0.2, -0.15) is 0 Å². The molecule has 0 spiro atoms. The molecule has 2 aliphatic rings. The Morgan fingerprint density at radius 2 is 1.62 bits per heavy atom. The first-order valence-electron chi connectivity index (χ1n) is 11.8. The molecule has 7 nitrogen and oxygen atoms in total. The number of nitrogens with one attached hydrogen (secondary N) is 1. The molecule has 1 N–H and O–H groups in total. The molecule has 0 radical (unpaired) electrons. The van der Waals surface area contributed by atoms with Gasteiger partial charge in [0, 0.05) is 5.56 Å². The molecule has 1 aromatic heterocycles. The molecule has 3 aromatic rings. The van der Waals surface area contributed by atoms with Crippen LogP contribution in [-0.4, -0.2) is 30.4 Å². The number of hydrogen-bond donors (Lipinski definition) is 1. The Labute approximate surface area is 198 Å². The van der Waals surface area contributed by atoms with Gasteiger partial charge in [-0.1, -0.05) is 53.7 Å². The summed E-state index contributed by atoms with van der Waals surface area (Å²) in [5.41, 5.74) is 4.54. The van der Waals surface area contributed by atoms with Crippen LogP contribution in [0.25, 0.3) is 22.5 Å². The lowest BCUT2D eigenvalue weighted by molar-refractivity contribution is -0.146. The topological polar surface area (TPSA) is 90.7 Å². The van der Waals surface area contributed by atoms with Crippen LogP contribution in [0, 0.1) is 12.8 Å². The van der Waals surface area contributed by atoms with E-state index in [9.17, 15) is 9.59 Å². The Balaban J connectivity index is 1.30. The van der Waals surface area contributed by atoms with Gasteiger partial charge in [0.05, 0.1) is 18.6 Å². The average molecular weight is 461 g/mol. The summed E-state index contributed by atoms with van der Waals surface area (Å²) >= 11 is 0. The van der Waals surface area contributed by atoms with Crippen molar-refractivity contribution in [3.63, 3.8) is 0 Å². The fourth-order valence-corrected chi connectivity index (χ4v) is 4.13. The van der Waals surface area contributed by atoms with Crippen LogP contribution in [0.1, 0.15) is 43.9 Å². The fraction of sp³-hybridized carbons (Fsp3) is 0.370. The van der Waals surface area contributed by atoms with Crippen molar-refractivity contribution in [2.45, 2.75) is 44.9 Å². The minimum atomic E-state index is -0.493. The minimum absolute atomic E-state index is 0.129. The highest BCUT2D eigenvalue weighted by Gasteiger charge is 2.52. The first kappa shape index (κ1) is 22.2. The first-order chi connectivity index (χ1) is 16.5. The summed E-state index contributed by atoms with van der Waals surface area (Å²) in [4.78, 5) is 24.5. The van der Waals surface area contributed by atoms with E-state index in [0.717, 1.165) is 47.9 Å². The van der Waals surface area contributed by atoms with E-state index in [-0.39, 0.29) is 5.97 Å². The molecule has 1 amide bonds. The highest BCUT2D eigenvalue weighted by molar-refractivity contribution is 5.91. The second-order valence-electron chi connectivity index (χ2n) is 9.10. The van der Waals surface area contributed by atoms with Gasteiger partial charge in [-0.15, -0.1) is 0 Å². The monoisotopic (exact) mass is 460 g/mol. The van der Waals surface area contributed by atoms with E-state index in [1.54, 1.807) is 6.92 Å².